The zero-order valence-corrected chi connectivity index (χ0v) is 11.9. The van der Waals surface area contributed by atoms with E-state index in [2.05, 4.69) is 22.1 Å². The van der Waals surface area contributed by atoms with E-state index in [0.717, 1.165) is 10.6 Å². The van der Waals surface area contributed by atoms with Gasteiger partial charge < -0.3 is 11.1 Å². The van der Waals surface area contributed by atoms with Crippen LogP contribution in [-0.4, -0.2) is 17.4 Å². The summed E-state index contributed by atoms with van der Waals surface area (Å²) in [6.07, 6.45) is 1.73. The van der Waals surface area contributed by atoms with Crippen molar-refractivity contribution in [3.05, 3.63) is 52.0 Å². The highest BCUT2D eigenvalue weighted by molar-refractivity contribution is 7.09. The molecule has 0 aliphatic heterocycles. The summed E-state index contributed by atoms with van der Waals surface area (Å²) >= 11 is 1.52. The normalized spacial score (nSPS) is 11.3. The summed E-state index contributed by atoms with van der Waals surface area (Å²) in [6.45, 7) is 2.21. The molecule has 2 aromatic rings. The summed E-state index contributed by atoms with van der Waals surface area (Å²) in [4.78, 5) is 16.4. The molecule has 1 amide bonds. The Morgan fingerprint density at radius 3 is 3.10 bits per heavy atom. The number of nitrogens with one attached hydrogen (secondary N) is 1. The van der Waals surface area contributed by atoms with Crippen molar-refractivity contribution in [3.63, 3.8) is 0 Å². The lowest BCUT2D eigenvalue weighted by Crippen LogP contribution is -2.26. The van der Waals surface area contributed by atoms with Gasteiger partial charge in [-0.1, -0.05) is 17.9 Å². The molecule has 1 unspecified atom stereocenters. The number of hydrogen-bond donors (Lipinski definition) is 2. The molecule has 0 bridgehead atoms. The van der Waals surface area contributed by atoms with Gasteiger partial charge in [0, 0.05) is 22.7 Å². The first-order chi connectivity index (χ1) is 9.70. The van der Waals surface area contributed by atoms with Crippen molar-refractivity contribution in [1.29, 1.82) is 0 Å². The molecule has 3 N–H and O–H groups in total. The highest BCUT2D eigenvalue weighted by atomic mass is 32.1. The van der Waals surface area contributed by atoms with E-state index in [0.29, 0.717) is 12.1 Å². The molecule has 0 radical (unpaired) electrons. The molecular weight excluding hydrogens is 270 g/mol. The maximum Gasteiger partial charge on any atom is 0.251 e. The largest absolute Gasteiger partial charge is 0.343 e. The molecule has 1 aromatic heterocycles. The number of thiazole rings is 1. The Morgan fingerprint density at radius 2 is 2.40 bits per heavy atom. The van der Waals surface area contributed by atoms with Crippen LogP contribution in [0.5, 0.6) is 0 Å². The van der Waals surface area contributed by atoms with Gasteiger partial charge in [0.1, 0.15) is 5.01 Å². The van der Waals surface area contributed by atoms with E-state index in [-0.39, 0.29) is 11.9 Å². The summed E-state index contributed by atoms with van der Waals surface area (Å²) < 4.78 is 0. The molecule has 0 saturated heterocycles. The second kappa shape index (κ2) is 6.85. The molecule has 102 valence electrons. The fourth-order valence-corrected chi connectivity index (χ4v) is 2.33. The van der Waals surface area contributed by atoms with E-state index in [4.69, 9.17) is 5.73 Å². The smallest absolute Gasteiger partial charge is 0.251 e. The fraction of sp³-hybridized carbons (Fsp3) is 0.200. The van der Waals surface area contributed by atoms with Crippen LogP contribution in [0.25, 0.3) is 0 Å². The standard InChI is InChI=1S/C15H15N3OS/c1-11(15-17-8-9-20-15)18-14(19)13-6-2-4-12(10-13)5-3-7-16/h2,4,6,8-11H,7,16H2,1H3,(H,18,19). The zero-order valence-electron chi connectivity index (χ0n) is 11.1. The maximum atomic E-state index is 12.2. The monoisotopic (exact) mass is 285 g/mol. The number of hydrogen-bond acceptors (Lipinski definition) is 4. The van der Waals surface area contributed by atoms with Gasteiger partial charge in [0.25, 0.3) is 5.91 Å². The molecule has 0 saturated carbocycles. The van der Waals surface area contributed by atoms with E-state index in [1.807, 2.05) is 24.4 Å². The van der Waals surface area contributed by atoms with Gasteiger partial charge in [-0.25, -0.2) is 4.98 Å². The Labute approximate surface area is 122 Å². The highest BCUT2D eigenvalue weighted by Crippen LogP contribution is 2.15. The van der Waals surface area contributed by atoms with E-state index in [1.165, 1.54) is 11.3 Å². The topological polar surface area (TPSA) is 68.0 Å². The van der Waals surface area contributed by atoms with Crippen LogP contribution in [0, 0.1) is 11.8 Å². The minimum absolute atomic E-state index is 0.110. The molecular formula is C15H15N3OS. The van der Waals surface area contributed by atoms with E-state index in [9.17, 15) is 4.79 Å². The summed E-state index contributed by atoms with van der Waals surface area (Å²) in [6, 6.07) is 7.07. The molecule has 20 heavy (non-hydrogen) atoms. The first-order valence-electron chi connectivity index (χ1n) is 6.20. The SMILES string of the molecule is CC(NC(=O)c1cccc(C#CCN)c1)c1nccs1. The third kappa shape index (κ3) is 3.67. The molecule has 2 rings (SSSR count). The van der Waals surface area contributed by atoms with Crippen LogP contribution >= 0.6 is 11.3 Å². The minimum atomic E-state index is -0.135. The molecule has 1 heterocycles. The van der Waals surface area contributed by atoms with Gasteiger partial charge >= 0.3 is 0 Å². The molecule has 1 aromatic carbocycles. The highest BCUT2D eigenvalue weighted by Gasteiger charge is 2.13. The van der Waals surface area contributed by atoms with Crippen molar-refractivity contribution in [3.8, 4) is 11.8 Å². The summed E-state index contributed by atoms with van der Waals surface area (Å²) in [5, 5.41) is 5.69. The van der Waals surface area contributed by atoms with Crippen LogP contribution in [0.4, 0.5) is 0 Å². The predicted molar refractivity (Wildman–Crippen MR) is 80.4 cm³/mol. The van der Waals surface area contributed by atoms with Crippen molar-refractivity contribution in [2.45, 2.75) is 13.0 Å². The summed E-state index contributed by atoms with van der Waals surface area (Å²) in [5.74, 6) is 5.55. The lowest BCUT2D eigenvalue weighted by Gasteiger charge is -2.11. The molecule has 4 nitrogen and oxygen atoms in total. The van der Waals surface area contributed by atoms with E-state index >= 15 is 0 Å². The van der Waals surface area contributed by atoms with Crippen molar-refractivity contribution < 1.29 is 4.79 Å². The summed E-state index contributed by atoms with van der Waals surface area (Å²) in [5.41, 5.74) is 6.70. The van der Waals surface area contributed by atoms with Gasteiger partial charge in [0.05, 0.1) is 12.6 Å². The van der Waals surface area contributed by atoms with Crippen LogP contribution in [-0.2, 0) is 0 Å². The molecule has 0 fully saturated rings. The van der Waals surface area contributed by atoms with Gasteiger partial charge in [-0.3, -0.25) is 4.79 Å². The van der Waals surface area contributed by atoms with E-state index < -0.39 is 0 Å². The quantitative estimate of drug-likeness (QED) is 0.847. The Morgan fingerprint density at radius 1 is 1.55 bits per heavy atom. The summed E-state index contributed by atoms with van der Waals surface area (Å²) in [7, 11) is 0. The molecule has 0 aliphatic rings. The maximum absolute atomic E-state index is 12.2. The Bertz CT molecular complexity index is 641. The number of nitrogens with zero attached hydrogens (tertiary/aromatic N) is 1. The molecule has 1 atom stereocenters. The van der Waals surface area contributed by atoms with Crippen molar-refractivity contribution in [2.24, 2.45) is 5.73 Å². The Balaban J connectivity index is 2.09. The van der Waals surface area contributed by atoms with Gasteiger partial charge in [0.2, 0.25) is 0 Å². The number of benzene rings is 1. The van der Waals surface area contributed by atoms with Crippen LogP contribution in [0.2, 0.25) is 0 Å². The second-order valence-corrected chi connectivity index (χ2v) is 5.08. The van der Waals surface area contributed by atoms with Gasteiger partial charge in [-0.2, -0.15) is 0 Å². The number of amides is 1. The lowest BCUT2D eigenvalue weighted by molar-refractivity contribution is 0.0940. The average molecular weight is 285 g/mol. The van der Waals surface area contributed by atoms with Gasteiger partial charge in [-0.15, -0.1) is 11.3 Å². The van der Waals surface area contributed by atoms with Crippen molar-refractivity contribution >= 4 is 17.2 Å². The molecule has 0 spiro atoms. The third-order valence-electron chi connectivity index (χ3n) is 2.63. The van der Waals surface area contributed by atoms with Gasteiger partial charge in [-0.05, 0) is 25.1 Å². The molecule has 0 aliphatic carbocycles. The van der Waals surface area contributed by atoms with Crippen molar-refractivity contribution in [1.82, 2.24) is 10.3 Å². The zero-order chi connectivity index (χ0) is 14.4. The predicted octanol–water partition coefficient (Wildman–Crippen LogP) is 1.94. The first kappa shape index (κ1) is 14.3. The van der Waals surface area contributed by atoms with Crippen LogP contribution in [0.3, 0.4) is 0 Å². The number of carbonyl (C=O) groups excluding carboxylic acids is 1. The van der Waals surface area contributed by atoms with Crippen LogP contribution in [0.15, 0.2) is 35.8 Å². The molecule has 5 heteroatoms. The van der Waals surface area contributed by atoms with Crippen LogP contribution < -0.4 is 11.1 Å². The van der Waals surface area contributed by atoms with Crippen molar-refractivity contribution in [2.75, 3.05) is 6.54 Å². The van der Waals surface area contributed by atoms with Crippen LogP contribution in [0.1, 0.15) is 33.9 Å². The second-order valence-electron chi connectivity index (χ2n) is 4.15. The van der Waals surface area contributed by atoms with Gasteiger partial charge in [0.15, 0.2) is 0 Å². The number of aromatic nitrogens is 1. The average Bonchev–Trinajstić information content (AvgIpc) is 2.99. The third-order valence-corrected chi connectivity index (χ3v) is 3.59. The Hall–Kier alpha value is -2.16. The lowest BCUT2D eigenvalue weighted by atomic mass is 10.1. The number of carbonyl (C=O) groups is 1. The number of nitrogens with two attached hydrogens (primary N) is 1. The first-order valence-corrected chi connectivity index (χ1v) is 7.08. The Kier molecular flexibility index (Phi) is 4.88. The van der Waals surface area contributed by atoms with E-state index in [1.54, 1.807) is 18.3 Å². The number of rotatable bonds is 3. The minimum Gasteiger partial charge on any atom is -0.343 e. The fourth-order valence-electron chi connectivity index (χ4n) is 1.68.